The van der Waals surface area contributed by atoms with Crippen LogP contribution in [0.5, 0.6) is 0 Å². The summed E-state index contributed by atoms with van der Waals surface area (Å²) in [5, 5.41) is 0. The number of anilines is 2. The van der Waals surface area contributed by atoms with Crippen LogP contribution in [0.15, 0.2) is 72.0 Å². The predicted octanol–water partition coefficient (Wildman–Crippen LogP) is 3.16. The number of imide groups is 1. The molecule has 1 saturated heterocycles. The molecule has 1 N–H and O–H groups in total. The largest absolute Gasteiger partial charge is 0.291 e. The van der Waals surface area contributed by atoms with Crippen LogP contribution in [0.4, 0.5) is 11.4 Å². The lowest BCUT2D eigenvalue weighted by atomic mass is 10.1. The average molecular weight is 462 g/mol. The standard InChI is InChI=1S/C23H19N5O4S/c1-15-3-4-16(20-14-27-12-2-11-24-23(27)25-20)13-19(15)26-33(31,32)18-7-5-17(6-8-18)28-21(29)9-10-22(28)30/h2-8,11-14,26H,9-10H2,1H3. The summed E-state index contributed by atoms with van der Waals surface area (Å²) in [4.78, 5) is 33.6. The first-order valence-electron chi connectivity index (χ1n) is 10.2. The van der Waals surface area contributed by atoms with Crippen molar-refractivity contribution in [1.82, 2.24) is 14.4 Å². The molecule has 10 heteroatoms. The van der Waals surface area contributed by atoms with Crippen LogP contribution in [0.25, 0.3) is 17.0 Å². The highest BCUT2D eigenvalue weighted by atomic mass is 32.2. The van der Waals surface area contributed by atoms with Gasteiger partial charge in [-0.15, -0.1) is 0 Å². The van der Waals surface area contributed by atoms with Gasteiger partial charge in [0.1, 0.15) is 0 Å². The van der Waals surface area contributed by atoms with Crippen molar-refractivity contribution in [1.29, 1.82) is 0 Å². The second kappa shape index (κ2) is 7.82. The molecule has 0 atom stereocenters. The summed E-state index contributed by atoms with van der Waals surface area (Å²) in [5.74, 6) is -0.0307. The van der Waals surface area contributed by atoms with Crippen LogP contribution in [0, 0.1) is 6.92 Å². The lowest BCUT2D eigenvalue weighted by Crippen LogP contribution is -2.28. The Kier molecular flexibility index (Phi) is 4.94. The van der Waals surface area contributed by atoms with Crippen LogP contribution in [-0.2, 0) is 19.6 Å². The summed E-state index contributed by atoms with van der Waals surface area (Å²) < 4.78 is 30.4. The molecule has 5 rings (SSSR count). The van der Waals surface area contributed by atoms with Gasteiger partial charge in [-0.05, 0) is 48.9 Å². The molecule has 1 aliphatic rings. The number of aryl methyl sites for hydroxylation is 1. The van der Waals surface area contributed by atoms with Gasteiger partial charge < -0.3 is 0 Å². The molecule has 0 bridgehead atoms. The first-order chi connectivity index (χ1) is 15.8. The highest BCUT2D eigenvalue weighted by Crippen LogP contribution is 2.28. The molecule has 0 radical (unpaired) electrons. The molecule has 0 aliphatic carbocycles. The van der Waals surface area contributed by atoms with Crippen LogP contribution < -0.4 is 9.62 Å². The van der Waals surface area contributed by atoms with E-state index in [4.69, 9.17) is 0 Å². The number of hydrogen-bond donors (Lipinski definition) is 1. The molecular formula is C23H19N5O4S. The Morgan fingerprint density at radius 3 is 2.42 bits per heavy atom. The summed E-state index contributed by atoms with van der Waals surface area (Å²) in [6, 6.07) is 12.9. The van der Waals surface area contributed by atoms with Gasteiger partial charge in [-0.1, -0.05) is 12.1 Å². The van der Waals surface area contributed by atoms with Gasteiger partial charge in [0.2, 0.25) is 17.6 Å². The van der Waals surface area contributed by atoms with Gasteiger partial charge in [0, 0.05) is 37.0 Å². The number of amides is 2. The summed E-state index contributed by atoms with van der Waals surface area (Å²) in [6.45, 7) is 1.81. The molecule has 2 amide bonds. The molecule has 1 fully saturated rings. The van der Waals surface area contributed by atoms with E-state index in [0.717, 1.165) is 16.0 Å². The van der Waals surface area contributed by atoms with E-state index >= 15 is 0 Å². The molecule has 166 valence electrons. The number of rotatable bonds is 5. The SMILES string of the molecule is Cc1ccc(-c2cn3cccnc3n2)cc1NS(=O)(=O)c1ccc(N2C(=O)CCC2=O)cc1. The lowest BCUT2D eigenvalue weighted by molar-refractivity contribution is -0.121. The van der Waals surface area contributed by atoms with Gasteiger partial charge in [0.25, 0.3) is 10.0 Å². The fourth-order valence-corrected chi connectivity index (χ4v) is 4.82. The van der Waals surface area contributed by atoms with E-state index in [2.05, 4.69) is 14.7 Å². The van der Waals surface area contributed by atoms with E-state index in [1.165, 1.54) is 24.3 Å². The Hall–Kier alpha value is -4.05. The van der Waals surface area contributed by atoms with E-state index in [-0.39, 0.29) is 29.6 Å². The van der Waals surface area contributed by atoms with Crippen molar-refractivity contribution in [2.24, 2.45) is 0 Å². The van der Waals surface area contributed by atoms with Crippen molar-refractivity contribution in [3.63, 3.8) is 0 Å². The summed E-state index contributed by atoms with van der Waals surface area (Å²) in [5.41, 5.74) is 2.93. The van der Waals surface area contributed by atoms with Gasteiger partial charge >= 0.3 is 0 Å². The number of carbonyl (C=O) groups is 2. The first kappa shape index (κ1) is 20.8. The Labute approximate surface area is 189 Å². The van der Waals surface area contributed by atoms with E-state index in [1.54, 1.807) is 29.7 Å². The number of fused-ring (bicyclic) bond motifs is 1. The van der Waals surface area contributed by atoms with Crippen molar-refractivity contribution in [3.8, 4) is 11.3 Å². The Bertz CT molecular complexity index is 1460. The van der Waals surface area contributed by atoms with Crippen LogP contribution in [0.2, 0.25) is 0 Å². The molecule has 0 saturated carbocycles. The van der Waals surface area contributed by atoms with Crippen molar-refractivity contribution >= 4 is 39.0 Å². The quantitative estimate of drug-likeness (QED) is 0.457. The van der Waals surface area contributed by atoms with Crippen LogP contribution in [0.3, 0.4) is 0 Å². The topological polar surface area (TPSA) is 114 Å². The zero-order valence-corrected chi connectivity index (χ0v) is 18.4. The second-order valence-corrected chi connectivity index (χ2v) is 9.39. The third kappa shape index (κ3) is 3.85. The Morgan fingerprint density at radius 2 is 1.73 bits per heavy atom. The highest BCUT2D eigenvalue weighted by Gasteiger charge is 2.30. The number of carbonyl (C=O) groups excluding carboxylic acids is 2. The minimum atomic E-state index is -3.90. The average Bonchev–Trinajstić information content (AvgIpc) is 3.38. The third-order valence-electron chi connectivity index (χ3n) is 5.47. The summed E-state index contributed by atoms with van der Waals surface area (Å²) in [7, 11) is -3.90. The normalized spacial score (nSPS) is 14.3. The zero-order valence-electron chi connectivity index (χ0n) is 17.6. The molecule has 0 unspecified atom stereocenters. The molecule has 2 aromatic carbocycles. The Morgan fingerprint density at radius 1 is 1.00 bits per heavy atom. The minimum absolute atomic E-state index is 0.0204. The number of aromatic nitrogens is 3. The van der Waals surface area contributed by atoms with Crippen molar-refractivity contribution < 1.29 is 18.0 Å². The van der Waals surface area contributed by atoms with Crippen molar-refractivity contribution in [2.75, 3.05) is 9.62 Å². The number of sulfonamides is 1. The summed E-state index contributed by atoms with van der Waals surface area (Å²) >= 11 is 0. The molecule has 9 nitrogen and oxygen atoms in total. The van der Waals surface area contributed by atoms with E-state index in [0.29, 0.717) is 22.8 Å². The molecule has 0 spiro atoms. The first-order valence-corrected chi connectivity index (χ1v) is 11.7. The maximum absolute atomic E-state index is 13.0. The van der Waals surface area contributed by atoms with Gasteiger partial charge in [-0.25, -0.2) is 18.4 Å². The monoisotopic (exact) mass is 461 g/mol. The van der Waals surface area contributed by atoms with Gasteiger partial charge in [0.15, 0.2) is 0 Å². The number of nitrogens with zero attached hydrogens (tertiary/aromatic N) is 4. The number of benzene rings is 2. The van der Waals surface area contributed by atoms with Gasteiger partial charge in [-0.2, -0.15) is 0 Å². The number of hydrogen-bond acceptors (Lipinski definition) is 6. The number of nitrogens with one attached hydrogen (secondary N) is 1. The molecule has 3 heterocycles. The van der Waals surface area contributed by atoms with Crippen LogP contribution in [0.1, 0.15) is 18.4 Å². The molecule has 33 heavy (non-hydrogen) atoms. The molecule has 2 aromatic heterocycles. The van der Waals surface area contributed by atoms with E-state index < -0.39 is 10.0 Å². The minimum Gasteiger partial charge on any atom is -0.291 e. The lowest BCUT2D eigenvalue weighted by Gasteiger charge is -2.15. The predicted molar refractivity (Wildman–Crippen MR) is 122 cm³/mol. The van der Waals surface area contributed by atoms with E-state index in [1.807, 2.05) is 24.5 Å². The Balaban J connectivity index is 1.43. The van der Waals surface area contributed by atoms with Gasteiger partial charge in [0.05, 0.1) is 22.0 Å². The van der Waals surface area contributed by atoms with Crippen molar-refractivity contribution in [2.45, 2.75) is 24.7 Å². The van der Waals surface area contributed by atoms with Crippen molar-refractivity contribution in [3.05, 3.63) is 72.7 Å². The highest BCUT2D eigenvalue weighted by molar-refractivity contribution is 7.92. The smallest absolute Gasteiger partial charge is 0.261 e. The molecule has 1 aliphatic heterocycles. The maximum Gasteiger partial charge on any atom is 0.261 e. The second-order valence-electron chi connectivity index (χ2n) is 7.71. The number of imidazole rings is 1. The summed E-state index contributed by atoms with van der Waals surface area (Å²) in [6.07, 6.45) is 5.65. The molecule has 4 aromatic rings. The van der Waals surface area contributed by atoms with Crippen LogP contribution >= 0.6 is 0 Å². The zero-order chi connectivity index (χ0) is 23.2. The van der Waals surface area contributed by atoms with E-state index in [9.17, 15) is 18.0 Å². The molecular weight excluding hydrogens is 442 g/mol. The third-order valence-corrected chi connectivity index (χ3v) is 6.85. The van der Waals surface area contributed by atoms with Crippen LogP contribution in [-0.4, -0.2) is 34.6 Å². The fraction of sp³-hybridized carbons (Fsp3) is 0.130. The maximum atomic E-state index is 13.0. The fourth-order valence-electron chi connectivity index (χ4n) is 3.70. The van der Waals surface area contributed by atoms with Gasteiger partial charge in [-0.3, -0.25) is 23.6 Å².